The molecule has 2 aliphatic heterocycles. The molecule has 5 atom stereocenters. The maximum absolute atomic E-state index is 13.3. The highest BCUT2D eigenvalue weighted by Gasteiger charge is 2.60. The highest BCUT2D eigenvalue weighted by molar-refractivity contribution is 5.90. The van der Waals surface area contributed by atoms with Gasteiger partial charge in [-0.05, 0) is 48.7 Å². The summed E-state index contributed by atoms with van der Waals surface area (Å²) in [7, 11) is 0. The van der Waals surface area contributed by atoms with Crippen molar-refractivity contribution in [1.82, 2.24) is 0 Å². The average molecular weight is 603 g/mol. The van der Waals surface area contributed by atoms with Gasteiger partial charge < -0.3 is 33.5 Å². The van der Waals surface area contributed by atoms with Gasteiger partial charge in [-0.3, -0.25) is 0 Å². The minimum Gasteiger partial charge on any atom is -0.478 e. The number of hydrogen-bond acceptors (Lipinski definition) is 9. The third-order valence-corrected chi connectivity index (χ3v) is 8.20. The molecule has 0 bridgehead atoms. The second-order valence-corrected chi connectivity index (χ2v) is 11.2. The van der Waals surface area contributed by atoms with E-state index in [0.29, 0.717) is 29.5 Å². The molecule has 1 aliphatic carbocycles. The lowest BCUT2D eigenvalue weighted by molar-refractivity contribution is -0.284. The zero-order valence-corrected chi connectivity index (χ0v) is 24.0. The van der Waals surface area contributed by atoms with E-state index in [4.69, 9.17) is 28.4 Å². The van der Waals surface area contributed by atoms with Crippen LogP contribution in [0.2, 0.25) is 0 Å². The fraction of sp³-hybridized carbons (Fsp3) is 0.382. The normalized spacial score (nSPS) is 25.6. The fourth-order valence-corrected chi connectivity index (χ4v) is 6.01. The Morgan fingerprint density at radius 3 is 2.07 bits per heavy atom. The highest BCUT2D eigenvalue weighted by atomic mass is 16.8. The molecular weight excluding hydrogens is 568 g/mol. The van der Waals surface area contributed by atoms with Gasteiger partial charge in [-0.25, -0.2) is 14.4 Å². The van der Waals surface area contributed by atoms with E-state index < -0.39 is 54.4 Å². The molecule has 3 aromatic carbocycles. The zero-order valence-electron chi connectivity index (χ0n) is 24.0. The molecule has 3 aliphatic rings. The summed E-state index contributed by atoms with van der Waals surface area (Å²) in [6, 6.07) is 23.6. The molecule has 3 fully saturated rings. The van der Waals surface area contributed by atoms with Gasteiger partial charge in [0.05, 0.1) is 23.3 Å². The Morgan fingerprint density at radius 2 is 1.39 bits per heavy atom. The van der Waals surface area contributed by atoms with Crippen molar-refractivity contribution in [2.24, 2.45) is 0 Å². The van der Waals surface area contributed by atoms with Crippen LogP contribution in [0.15, 0.2) is 84.9 Å². The first-order chi connectivity index (χ1) is 21.4. The number of carboxylic acid groups (broad SMARTS) is 1. The molecule has 44 heavy (non-hydrogen) atoms. The molecule has 6 rings (SSSR count). The van der Waals surface area contributed by atoms with Gasteiger partial charge in [0.1, 0.15) is 24.9 Å². The first kappa shape index (κ1) is 30.0. The lowest BCUT2D eigenvalue weighted by Crippen LogP contribution is -2.59. The third-order valence-electron chi connectivity index (χ3n) is 8.20. The average Bonchev–Trinajstić information content (AvgIpc) is 3.43. The SMILES string of the molecule is O=C(OC[C@H]1O[C@H](OCc2ccccc2C(=O)O)[C@H]2OC3(CCCCC3)O[C@H]2[C@@H]1OC(=O)c1ccccc1)c1ccccc1. The Hall–Kier alpha value is -4.09. The molecule has 3 aromatic rings. The van der Waals surface area contributed by atoms with Crippen LogP contribution >= 0.6 is 0 Å². The monoisotopic (exact) mass is 602 g/mol. The molecule has 0 unspecified atom stereocenters. The van der Waals surface area contributed by atoms with Gasteiger partial charge in [0.15, 0.2) is 18.2 Å². The minimum atomic E-state index is -1.08. The summed E-state index contributed by atoms with van der Waals surface area (Å²) in [6.07, 6.45) is -0.415. The largest absolute Gasteiger partial charge is 0.478 e. The standard InChI is InChI=1S/C34H34O10/c35-30(36)25-17-9-8-16-24(25)20-40-33-29-28(43-34(44-29)18-10-3-11-19-34)27(42-32(38)23-14-6-2-7-15-23)26(41-33)21-39-31(37)22-12-4-1-5-13-22/h1-2,4-9,12-17,26-29,33H,3,10-11,18-21H2,(H,35,36)/t26-,27-,28+,29+,33+/m1/s1. The van der Waals surface area contributed by atoms with Crippen molar-refractivity contribution in [3.8, 4) is 0 Å². The number of aromatic carboxylic acids is 1. The van der Waals surface area contributed by atoms with Crippen molar-refractivity contribution in [1.29, 1.82) is 0 Å². The first-order valence-corrected chi connectivity index (χ1v) is 14.8. The topological polar surface area (TPSA) is 127 Å². The van der Waals surface area contributed by atoms with Crippen LogP contribution in [-0.4, -0.2) is 66.1 Å². The predicted octanol–water partition coefficient (Wildman–Crippen LogP) is 5.15. The molecule has 230 valence electrons. The molecular formula is C34H34O10. The number of benzene rings is 3. The second-order valence-electron chi connectivity index (χ2n) is 11.2. The summed E-state index contributed by atoms with van der Waals surface area (Å²) in [5.74, 6) is -3.12. The van der Waals surface area contributed by atoms with Crippen LogP contribution < -0.4 is 0 Å². The summed E-state index contributed by atoms with van der Waals surface area (Å²) in [5.41, 5.74) is 1.27. The van der Waals surface area contributed by atoms with Gasteiger partial charge >= 0.3 is 17.9 Å². The van der Waals surface area contributed by atoms with E-state index in [2.05, 4.69) is 0 Å². The van der Waals surface area contributed by atoms with E-state index in [1.807, 2.05) is 0 Å². The Kier molecular flexibility index (Phi) is 9.04. The van der Waals surface area contributed by atoms with Gasteiger partial charge in [0, 0.05) is 12.8 Å². The maximum Gasteiger partial charge on any atom is 0.338 e. The molecule has 10 heteroatoms. The van der Waals surface area contributed by atoms with Crippen LogP contribution in [0.3, 0.4) is 0 Å². The Morgan fingerprint density at radius 1 is 0.773 bits per heavy atom. The van der Waals surface area contributed by atoms with E-state index in [0.717, 1.165) is 19.3 Å². The second kappa shape index (κ2) is 13.3. The summed E-state index contributed by atoms with van der Waals surface area (Å²) in [6.45, 7) is -0.344. The molecule has 0 amide bonds. The van der Waals surface area contributed by atoms with Crippen molar-refractivity contribution >= 4 is 17.9 Å². The van der Waals surface area contributed by atoms with Crippen molar-refractivity contribution in [3.63, 3.8) is 0 Å². The molecule has 2 heterocycles. The van der Waals surface area contributed by atoms with E-state index in [1.165, 1.54) is 6.07 Å². The van der Waals surface area contributed by atoms with Gasteiger partial charge in [-0.15, -0.1) is 0 Å². The van der Waals surface area contributed by atoms with E-state index in [1.54, 1.807) is 78.9 Å². The van der Waals surface area contributed by atoms with Crippen molar-refractivity contribution in [2.75, 3.05) is 6.61 Å². The number of carboxylic acids is 1. The molecule has 0 aromatic heterocycles. The number of esters is 2. The molecule has 1 N–H and O–H groups in total. The maximum atomic E-state index is 13.3. The molecule has 1 spiro atoms. The minimum absolute atomic E-state index is 0.0856. The van der Waals surface area contributed by atoms with E-state index in [9.17, 15) is 19.5 Å². The van der Waals surface area contributed by atoms with Crippen LogP contribution in [0.25, 0.3) is 0 Å². The Bertz CT molecular complexity index is 1450. The van der Waals surface area contributed by atoms with Gasteiger partial charge in [-0.2, -0.15) is 0 Å². The third kappa shape index (κ3) is 6.53. The van der Waals surface area contributed by atoms with Crippen LogP contribution in [-0.2, 0) is 35.0 Å². The van der Waals surface area contributed by atoms with Gasteiger partial charge in [0.25, 0.3) is 0 Å². The quantitative estimate of drug-likeness (QED) is 0.329. The Labute approximate surface area is 254 Å². The van der Waals surface area contributed by atoms with Gasteiger partial charge in [0.2, 0.25) is 0 Å². The van der Waals surface area contributed by atoms with Crippen LogP contribution in [0.1, 0.15) is 68.7 Å². The summed E-state index contributed by atoms with van der Waals surface area (Å²) < 4.78 is 37.4. The van der Waals surface area contributed by atoms with Crippen molar-refractivity contribution < 1.29 is 47.9 Å². The smallest absolute Gasteiger partial charge is 0.338 e. The lowest BCUT2D eigenvalue weighted by atomic mass is 9.94. The number of fused-ring (bicyclic) bond motifs is 1. The highest BCUT2D eigenvalue weighted by Crippen LogP contribution is 2.46. The van der Waals surface area contributed by atoms with E-state index in [-0.39, 0.29) is 18.8 Å². The summed E-state index contributed by atoms with van der Waals surface area (Å²) in [5, 5.41) is 9.66. The fourth-order valence-electron chi connectivity index (χ4n) is 6.01. The van der Waals surface area contributed by atoms with Crippen LogP contribution in [0.4, 0.5) is 0 Å². The lowest BCUT2D eigenvalue weighted by Gasteiger charge is -2.41. The van der Waals surface area contributed by atoms with Crippen molar-refractivity contribution in [3.05, 3.63) is 107 Å². The first-order valence-electron chi connectivity index (χ1n) is 14.8. The summed E-state index contributed by atoms with van der Waals surface area (Å²) >= 11 is 0. The Balaban J connectivity index is 1.29. The molecule has 1 saturated carbocycles. The number of carbonyl (C=O) groups excluding carboxylic acids is 2. The van der Waals surface area contributed by atoms with Crippen LogP contribution in [0.5, 0.6) is 0 Å². The number of hydrogen-bond donors (Lipinski definition) is 1. The molecule has 0 radical (unpaired) electrons. The zero-order chi connectivity index (χ0) is 30.5. The number of rotatable bonds is 9. The molecule has 2 saturated heterocycles. The predicted molar refractivity (Wildman–Crippen MR) is 155 cm³/mol. The van der Waals surface area contributed by atoms with Crippen molar-refractivity contribution in [2.45, 2.75) is 75.2 Å². The number of ether oxygens (including phenoxy) is 6. The van der Waals surface area contributed by atoms with Crippen LogP contribution in [0, 0.1) is 0 Å². The van der Waals surface area contributed by atoms with E-state index >= 15 is 0 Å². The molecule has 10 nitrogen and oxygen atoms in total. The van der Waals surface area contributed by atoms with Gasteiger partial charge in [-0.1, -0.05) is 61.0 Å². The number of carbonyl (C=O) groups is 3. The summed E-state index contributed by atoms with van der Waals surface area (Å²) in [4.78, 5) is 38.0.